The summed E-state index contributed by atoms with van der Waals surface area (Å²) in [5, 5.41) is 14.5. The molecule has 156 valence electrons. The standard InChI is InChI=1S/C23H31N3O2S/c1-5-17(6-2)26-21-10-9-16(23(28)25-20(14-27)15(3)4)12-19(21)24-22(26)13-18-8-7-11-29-18/h7-12,15,17,20,27H,5-6,13-14H2,1-4H3,(H,25,28)/t20-/m1/s1. The van der Waals surface area contributed by atoms with E-state index >= 15 is 0 Å². The highest BCUT2D eigenvalue weighted by Gasteiger charge is 2.20. The molecule has 0 aliphatic heterocycles. The van der Waals surface area contributed by atoms with Crippen LogP contribution in [-0.4, -0.2) is 33.2 Å². The van der Waals surface area contributed by atoms with Crippen molar-refractivity contribution in [2.75, 3.05) is 6.61 Å². The molecule has 2 aromatic heterocycles. The molecule has 5 nitrogen and oxygen atoms in total. The van der Waals surface area contributed by atoms with Crippen molar-refractivity contribution >= 4 is 28.3 Å². The molecule has 1 aromatic carbocycles. The van der Waals surface area contributed by atoms with Gasteiger partial charge in [-0.3, -0.25) is 4.79 Å². The number of rotatable bonds is 9. The van der Waals surface area contributed by atoms with E-state index in [1.165, 1.54) is 4.88 Å². The Balaban J connectivity index is 1.99. The lowest BCUT2D eigenvalue weighted by atomic mass is 10.0. The topological polar surface area (TPSA) is 67.2 Å². The van der Waals surface area contributed by atoms with Crippen molar-refractivity contribution in [1.29, 1.82) is 0 Å². The minimum atomic E-state index is -0.255. The summed E-state index contributed by atoms with van der Waals surface area (Å²) in [7, 11) is 0. The molecule has 1 amide bonds. The Hall–Kier alpha value is -2.18. The van der Waals surface area contributed by atoms with Crippen molar-refractivity contribution in [3.8, 4) is 0 Å². The predicted molar refractivity (Wildman–Crippen MR) is 120 cm³/mol. The molecule has 0 aliphatic rings. The van der Waals surface area contributed by atoms with Gasteiger partial charge < -0.3 is 15.0 Å². The molecule has 29 heavy (non-hydrogen) atoms. The number of hydrogen-bond donors (Lipinski definition) is 2. The molecule has 2 N–H and O–H groups in total. The smallest absolute Gasteiger partial charge is 0.251 e. The quantitative estimate of drug-likeness (QED) is 0.530. The van der Waals surface area contributed by atoms with E-state index in [1.54, 1.807) is 11.3 Å². The molecule has 3 rings (SSSR count). The van der Waals surface area contributed by atoms with Crippen molar-refractivity contribution in [3.05, 3.63) is 52.0 Å². The Morgan fingerprint density at radius 2 is 2.00 bits per heavy atom. The third-order valence-corrected chi connectivity index (χ3v) is 6.44. The van der Waals surface area contributed by atoms with Gasteiger partial charge in [0.05, 0.1) is 23.7 Å². The van der Waals surface area contributed by atoms with Crippen molar-refractivity contribution < 1.29 is 9.90 Å². The third kappa shape index (κ3) is 4.70. The number of carbonyl (C=O) groups excluding carboxylic acids is 1. The fourth-order valence-electron chi connectivity index (χ4n) is 3.72. The second kappa shape index (κ2) is 9.55. The van der Waals surface area contributed by atoms with E-state index in [9.17, 15) is 9.90 Å². The molecule has 0 unspecified atom stereocenters. The molecule has 0 bridgehead atoms. The van der Waals surface area contributed by atoms with Crippen LogP contribution in [0, 0.1) is 5.92 Å². The van der Waals surface area contributed by atoms with Crippen molar-refractivity contribution in [1.82, 2.24) is 14.9 Å². The monoisotopic (exact) mass is 413 g/mol. The molecule has 3 aromatic rings. The van der Waals surface area contributed by atoms with Crippen LogP contribution in [0.3, 0.4) is 0 Å². The Morgan fingerprint density at radius 3 is 2.59 bits per heavy atom. The molecule has 6 heteroatoms. The molecular weight excluding hydrogens is 382 g/mol. The Kier molecular flexibility index (Phi) is 7.09. The molecule has 0 saturated carbocycles. The van der Waals surface area contributed by atoms with E-state index in [4.69, 9.17) is 4.98 Å². The third-order valence-electron chi connectivity index (χ3n) is 5.56. The fourth-order valence-corrected chi connectivity index (χ4v) is 4.42. The maximum absolute atomic E-state index is 12.7. The number of carbonyl (C=O) groups is 1. The van der Waals surface area contributed by atoms with Crippen LogP contribution in [0.15, 0.2) is 35.7 Å². The molecule has 0 saturated heterocycles. The van der Waals surface area contributed by atoms with Crippen LogP contribution in [0.2, 0.25) is 0 Å². The summed E-state index contributed by atoms with van der Waals surface area (Å²) in [5.74, 6) is 1.04. The number of fused-ring (bicyclic) bond motifs is 1. The Labute approximate surface area is 176 Å². The normalized spacial score (nSPS) is 12.8. The van der Waals surface area contributed by atoms with E-state index in [0.29, 0.717) is 11.6 Å². The molecule has 1 atom stereocenters. The SMILES string of the molecule is CCC(CC)n1c(Cc2cccs2)nc2cc(C(=O)N[C@H](CO)C(C)C)ccc21. The lowest BCUT2D eigenvalue weighted by Crippen LogP contribution is -2.41. The van der Waals surface area contributed by atoms with Gasteiger partial charge in [0.15, 0.2) is 0 Å². The zero-order valence-corrected chi connectivity index (χ0v) is 18.5. The summed E-state index contributed by atoms with van der Waals surface area (Å²) < 4.78 is 2.35. The average Bonchev–Trinajstić information content (AvgIpc) is 3.34. The van der Waals surface area contributed by atoms with Crippen molar-refractivity contribution in [3.63, 3.8) is 0 Å². The minimum Gasteiger partial charge on any atom is -0.394 e. The van der Waals surface area contributed by atoms with Crippen molar-refractivity contribution in [2.45, 2.75) is 59.0 Å². The molecule has 0 spiro atoms. The summed E-state index contributed by atoms with van der Waals surface area (Å²) in [6.45, 7) is 8.31. The van der Waals surface area contributed by atoms with Gasteiger partial charge in [-0.2, -0.15) is 0 Å². The van der Waals surface area contributed by atoms with E-state index in [1.807, 2.05) is 32.0 Å². The van der Waals surface area contributed by atoms with Crippen molar-refractivity contribution in [2.24, 2.45) is 5.92 Å². The van der Waals surface area contributed by atoms with Gasteiger partial charge in [0.1, 0.15) is 5.82 Å². The van der Waals surface area contributed by atoms with Gasteiger partial charge in [0.25, 0.3) is 5.91 Å². The number of thiophene rings is 1. The summed E-state index contributed by atoms with van der Waals surface area (Å²) in [6, 6.07) is 10.1. The van der Waals surface area contributed by atoms with Crippen LogP contribution in [-0.2, 0) is 6.42 Å². The Morgan fingerprint density at radius 1 is 1.24 bits per heavy atom. The van der Waals surface area contributed by atoms with Crippen LogP contribution in [0.1, 0.15) is 67.6 Å². The highest BCUT2D eigenvalue weighted by atomic mass is 32.1. The number of aliphatic hydroxyl groups is 1. The lowest BCUT2D eigenvalue weighted by molar-refractivity contribution is 0.0897. The predicted octanol–water partition coefficient (Wildman–Crippen LogP) is 4.80. The second-order valence-electron chi connectivity index (χ2n) is 7.83. The second-order valence-corrected chi connectivity index (χ2v) is 8.87. The molecule has 0 radical (unpaired) electrons. The lowest BCUT2D eigenvalue weighted by Gasteiger charge is -2.20. The molecule has 0 fully saturated rings. The number of hydrogen-bond acceptors (Lipinski definition) is 4. The summed E-state index contributed by atoms with van der Waals surface area (Å²) in [6.07, 6.45) is 2.87. The first-order valence-electron chi connectivity index (χ1n) is 10.4. The fraction of sp³-hybridized carbons (Fsp3) is 0.478. The summed E-state index contributed by atoms with van der Waals surface area (Å²) in [4.78, 5) is 18.9. The molecule has 0 aliphatic carbocycles. The van der Waals surface area contributed by atoms with Crippen LogP contribution < -0.4 is 5.32 Å². The van der Waals surface area contributed by atoms with E-state index < -0.39 is 0 Å². The number of benzene rings is 1. The maximum atomic E-state index is 12.7. The van der Waals surface area contributed by atoms with Gasteiger partial charge in [0.2, 0.25) is 0 Å². The number of amides is 1. The number of aromatic nitrogens is 2. The van der Waals surface area contributed by atoms with Crippen LogP contribution in [0.5, 0.6) is 0 Å². The summed E-state index contributed by atoms with van der Waals surface area (Å²) >= 11 is 1.74. The highest BCUT2D eigenvalue weighted by molar-refractivity contribution is 7.09. The number of nitrogens with one attached hydrogen (secondary N) is 1. The summed E-state index contributed by atoms with van der Waals surface area (Å²) in [5.41, 5.74) is 2.50. The number of aliphatic hydroxyl groups excluding tert-OH is 1. The minimum absolute atomic E-state index is 0.0695. The van der Waals surface area contributed by atoms with Gasteiger partial charge in [0, 0.05) is 22.9 Å². The largest absolute Gasteiger partial charge is 0.394 e. The molecular formula is C23H31N3O2S. The maximum Gasteiger partial charge on any atom is 0.251 e. The number of imidazole rings is 1. The van der Waals surface area contributed by atoms with Gasteiger partial charge in [-0.05, 0) is 48.4 Å². The highest BCUT2D eigenvalue weighted by Crippen LogP contribution is 2.28. The van der Waals surface area contributed by atoms with Crippen LogP contribution >= 0.6 is 11.3 Å². The first kappa shape index (κ1) is 21.5. The first-order valence-corrected chi connectivity index (χ1v) is 11.3. The van der Waals surface area contributed by atoms with Gasteiger partial charge in [-0.25, -0.2) is 4.98 Å². The van der Waals surface area contributed by atoms with Gasteiger partial charge >= 0.3 is 0 Å². The van der Waals surface area contributed by atoms with E-state index in [0.717, 1.165) is 36.1 Å². The molecule has 2 heterocycles. The first-order chi connectivity index (χ1) is 14.0. The zero-order chi connectivity index (χ0) is 21.0. The van der Waals surface area contributed by atoms with E-state index in [2.05, 4.69) is 41.2 Å². The van der Waals surface area contributed by atoms with Gasteiger partial charge in [-0.15, -0.1) is 11.3 Å². The Bertz CT molecular complexity index is 943. The van der Waals surface area contributed by atoms with E-state index in [-0.39, 0.29) is 24.5 Å². The zero-order valence-electron chi connectivity index (χ0n) is 17.7. The average molecular weight is 414 g/mol. The van der Waals surface area contributed by atoms with Crippen LogP contribution in [0.25, 0.3) is 11.0 Å². The van der Waals surface area contributed by atoms with Gasteiger partial charge in [-0.1, -0.05) is 33.8 Å². The van der Waals surface area contributed by atoms with Crippen LogP contribution in [0.4, 0.5) is 0 Å². The number of nitrogens with zero attached hydrogens (tertiary/aromatic N) is 2.